The molecule has 2 atom stereocenters. The van der Waals surface area contributed by atoms with Crippen molar-refractivity contribution < 1.29 is 14.7 Å². The summed E-state index contributed by atoms with van der Waals surface area (Å²) < 4.78 is 0. The molecule has 0 spiro atoms. The quantitative estimate of drug-likeness (QED) is 0.826. The lowest BCUT2D eigenvalue weighted by Crippen LogP contribution is -2.50. The third kappa shape index (κ3) is 3.43. The zero-order valence-electron chi connectivity index (χ0n) is 14.2. The predicted molar refractivity (Wildman–Crippen MR) is 89.6 cm³/mol. The Balaban J connectivity index is 1.63. The van der Waals surface area contributed by atoms with E-state index in [1.807, 2.05) is 23.2 Å². The van der Waals surface area contributed by atoms with E-state index < -0.39 is 12.0 Å². The molecule has 0 bridgehead atoms. The fraction of sp³-hybridized carbons (Fsp3) is 0.611. The Morgan fingerprint density at radius 1 is 1.29 bits per heavy atom. The molecule has 0 aromatic carbocycles. The van der Waals surface area contributed by atoms with Gasteiger partial charge in [0.15, 0.2) is 0 Å². The van der Waals surface area contributed by atoms with E-state index in [2.05, 4.69) is 24.1 Å². The number of pyridine rings is 1. The zero-order chi connectivity index (χ0) is 17.3. The number of hydrogen-bond donors (Lipinski definition) is 2. The molecule has 2 fully saturated rings. The number of rotatable bonds is 6. The third-order valence-electron chi connectivity index (χ3n) is 5.14. The first-order valence-electron chi connectivity index (χ1n) is 8.58. The van der Waals surface area contributed by atoms with Gasteiger partial charge >= 0.3 is 5.97 Å². The van der Waals surface area contributed by atoms with Gasteiger partial charge in [0.25, 0.3) is 0 Å². The lowest BCUT2D eigenvalue weighted by Gasteiger charge is -2.30. The van der Waals surface area contributed by atoms with Crippen LogP contribution < -0.4 is 5.32 Å². The maximum Gasteiger partial charge on any atom is 0.320 e. The molecule has 1 amide bonds. The van der Waals surface area contributed by atoms with E-state index in [0.29, 0.717) is 19.4 Å². The number of amides is 1. The number of likely N-dealkylation sites (tertiary alicyclic amines) is 1. The number of carboxylic acid groups (broad SMARTS) is 1. The van der Waals surface area contributed by atoms with E-state index in [1.165, 1.54) is 0 Å². The van der Waals surface area contributed by atoms with E-state index in [1.54, 1.807) is 6.20 Å². The highest BCUT2D eigenvalue weighted by Gasteiger charge is 2.48. The summed E-state index contributed by atoms with van der Waals surface area (Å²) in [7, 11) is 0. The monoisotopic (exact) mass is 331 g/mol. The molecule has 1 aliphatic carbocycles. The molecule has 130 valence electrons. The summed E-state index contributed by atoms with van der Waals surface area (Å²) in [6, 6.07) is 3.33. The van der Waals surface area contributed by atoms with Crippen LogP contribution in [0, 0.1) is 0 Å². The van der Waals surface area contributed by atoms with Crippen LogP contribution in [0.15, 0.2) is 24.5 Å². The second-order valence-corrected chi connectivity index (χ2v) is 7.47. The number of carbonyl (C=O) groups excluding carboxylic acids is 1. The van der Waals surface area contributed by atoms with Crippen LogP contribution in [0.2, 0.25) is 0 Å². The van der Waals surface area contributed by atoms with Crippen LogP contribution in [0.4, 0.5) is 0 Å². The maximum atomic E-state index is 12.7. The molecule has 2 unspecified atom stereocenters. The lowest BCUT2D eigenvalue weighted by atomic mass is 9.85. The van der Waals surface area contributed by atoms with Crippen LogP contribution in [0.5, 0.6) is 0 Å². The molecule has 1 saturated heterocycles. The van der Waals surface area contributed by atoms with Gasteiger partial charge in [-0.2, -0.15) is 0 Å². The van der Waals surface area contributed by atoms with E-state index >= 15 is 0 Å². The smallest absolute Gasteiger partial charge is 0.320 e. The van der Waals surface area contributed by atoms with Crippen molar-refractivity contribution in [2.24, 2.45) is 0 Å². The normalized spacial score (nSPS) is 24.8. The second kappa shape index (κ2) is 6.51. The molecule has 2 N–H and O–H groups in total. The van der Waals surface area contributed by atoms with Gasteiger partial charge in [0, 0.05) is 30.4 Å². The van der Waals surface area contributed by atoms with Gasteiger partial charge in [-0.05, 0) is 37.3 Å². The standard InChI is InChI=1S/C18H25N3O3/c1-18(2,12-4-3-9-19-10-12)11-20-16(22)14-7-8-15(17(23)24)21(14)13-5-6-13/h3-4,9-10,13-15H,5-8,11H2,1-2H3,(H,20,22)(H,23,24). The molecule has 2 heterocycles. The Labute approximate surface area is 142 Å². The lowest BCUT2D eigenvalue weighted by molar-refractivity contribution is -0.143. The fourth-order valence-electron chi connectivity index (χ4n) is 3.52. The van der Waals surface area contributed by atoms with Crippen LogP contribution in [0.1, 0.15) is 45.1 Å². The van der Waals surface area contributed by atoms with Crippen LogP contribution in [-0.4, -0.2) is 51.5 Å². The van der Waals surface area contributed by atoms with Crippen LogP contribution >= 0.6 is 0 Å². The van der Waals surface area contributed by atoms with Crippen molar-refractivity contribution in [2.45, 2.75) is 63.1 Å². The van der Waals surface area contributed by atoms with E-state index in [0.717, 1.165) is 18.4 Å². The summed E-state index contributed by atoms with van der Waals surface area (Å²) in [5.41, 5.74) is 0.846. The van der Waals surface area contributed by atoms with Crippen molar-refractivity contribution >= 4 is 11.9 Å². The molecule has 2 aliphatic rings. The van der Waals surface area contributed by atoms with Crippen LogP contribution in [-0.2, 0) is 15.0 Å². The first kappa shape index (κ1) is 16.9. The fourth-order valence-corrected chi connectivity index (χ4v) is 3.52. The summed E-state index contributed by atoms with van der Waals surface area (Å²) in [6.07, 6.45) is 6.71. The van der Waals surface area contributed by atoms with Crippen LogP contribution in [0.25, 0.3) is 0 Å². The molecular formula is C18H25N3O3. The summed E-state index contributed by atoms with van der Waals surface area (Å²) in [6.45, 7) is 4.64. The second-order valence-electron chi connectivity index (χ2n) is 7.47. The number of hydrogen-bond acceptors (Lipinski definition) is 4. The minimum atomic E-state index is -0.812. The minimum Gasteiger partial charge on any atom is -0.480 e. The molecule has 1 aliphatic heterocycles. The van der Waals surface area contributed by atoms with Gasteiger partial charge in [-0.25, -0.2) is 0 Å². The van der Waals surface area contributed by atoms with Gasteiger partial charge in [-0.3, -0.25) is 19.5 Å². The minimum absolute atomic E-state index is 0.0531. The molecule has 1 aromatic heterocycles. The molecule has 6 nitrogen and oxygen atoms in total. The van der Waals surface area contributed by atoms with Gasteiger partial charge in [0.05, 0.1) is 6.04 Å². The average Bonchev–Trinajstić information content (AvgIpc) is 3.31. The Kier molecular flexibility index (Phi) is 4.58. The highest BCUT2D eigenvalue weighted by molar-refractivity contribution is 5.84. The van der Waals surface area contributed by atoms with E-state index in [4.69, 9.17) is 0 Å². The van der Waals surface area contributed by atoms with Gasteiger partial charge in [-0.15, -0.1) is 0 Å². The Hall–Kier alpha value is -1.95. The molecule has 3 rings (SSSR count). The summed E-state index contributed by atoms with van der Waals surface area (Å²) in [5.74, 6) is -0.865. The first-order chi connectivity index (χ1) is 11.4. The number of carbonyl (C=O) groups is 2. The van der Waals surface area contributed by atoms with Gasteiger partial charge in [-0.1, -0.05) is 19.9 Å². The number of aliphatic carboxylic acids is 1. The van der Waals surface area contributed by atoms with Crippen molar-refractivity contribution in [1.29, 1.82) is 0 Å². The van der Waals surface area contributed by atoms with Crippen LogP contribution in [0.3, 0.4) is 0 Å². The average molecular weight is 331 g/mol. The molecule has 1 saturated carbocycles. The largest absolute Gasteiger partial charge is 0.480 e. The predicted octanol–water partition coefficient (Wildman–Crippen LogP) is 1.56. The topological polar surface area (TPSA) is 82.5 Å². The summed E-state index contributed by atoms with van der Waals surface area (Å²) >= 11 is 0. The number of nitrogens with zero attached hydrogens (tertiary/aromatic N) is 2. The summed E-state index contributed by atoms with van der Waals surface area (Å²) in [5, 5.41) is 12.4. The number of carboxylic acids is 1. The highest BCUT2D eigenvalue weighted by Crippen LogP contribution is 2.37. The Morgan fingerprint density at radius 3 is 2.58 bits per heavy atom. The van der Waals surface area contributed by atoms with Gasteiger partial charge < -0.3 is 10.4 Å². The third-order valence-corrected chi connectivity index (χ3v) is 5.14. The van der Waals surface area contributed by atoms with Gasteiger partial charge in [0.2, 0.25) is 5.91 Å². The van der Waals surface area contributed by atoms with Crippen molar-refractivity contribution in [3.05, 3.63) is 30.1 Å². The molecule has 24 heavy (non-hydrogen) atoms. The zero-order valence-corrected chi connectivity index (χ0v) is 14.2. The molecular weight excluding hydrogens is 306 g/mol. The number of nitrogens with one attached hydrogen (secondary N) is 1. The first-order valence-corrected chi connectivity index (χ1v) is 8.58. The SMILES string of the molecule is CC(C)(CNC(=O)C1CCC(C(=O)O)N1C1CC1)c1cccnc1. The summed E-state index contributed by atoms with van der Waals surface area (Å²) in [4.78, 5) is 30.2. The van der Waals surface area contributed by atoms with E-state index in [9.17, 15) is 14.7 Å². The van der Waals surface area contributed by atoms with Gasteiger partial charge in [0.1, 0.15) is 6.04 Å². The van der Waals surface area contributed by atoms with Crippen molar-refractivity contribution in [3.63, 3.8) is 0 Å². The Morgan fingerprint density at radius 2 is 2.00 bits per heavy atom. The van der Waals surface area contributed by atoms with E-state index in [-0.39, 0.29) is 23.4 Å². The molecule has 1 aromatic rings. The van der Waals surface area contributed by atoms with Crippen molar-refractivity contribution in [3.8, 4) is 0 Å². The van der Waals surface area contributed by atoms with Crippen molar-refractivity contribution in [1.82, 2.24) is 15.2 Å². The van der Waals surface area contributed by atoms with Crippen molar-refractivity contribution in [2.75, 3.05) is 6.54 Å². The molecule has 0 radical (unpaired) electrons. The Bertz CT molecular complexity index is 613. The molecule has 6 heteroatoms. The maximum absolute atomic E-state index is 12.7. The number of aromatic nitrogens is 1. The highest BCUT2D eigenvalue weighted by atomic mass is 16.4.